The quantitative estimate of drug-likeness (QED) is 0.131. The number of pyridine rings is 2. The maximum atomic E-state index is 13.8. The van der Waals surface area contributed by atoms with Crippen molar-refractivity contribution in [2.24, 2.45) is 0 Å². The Hall–Kier alpha value is -5.88. The molecule has 55 heavy (non-hydrogen) atoms. The standard InChI is InChI=1S/C37H39N3O15/c1-6-37(25-14-27-29-23(13-22-9-7-8-10-26(22)39-29)15-40(27)33(45)24(25)16-50-35(37)46)55-36(47)38-11-12-48-34-32(53-21(5)44)31(52-20(4)43)30(51-19(3)42)28(54-34)17-49-18(2)41/h7-10,13-14,28,30-32,34H,6,11-12,15-17H2,1-5H3,(H,38,47)/t28-,30-,31+,32-,34-,37+/m1/s1. The molecule has 0 saturated carbocycles. The van der Waals surface area contributed by atoms with E-state index in [0.717, 1.165) is 44.2 Å². The molecule has 1 aromatic carbocycles. The van der Waals surface area contributed by atoms with Crippen LogP contribution in [0.1, 0.15) is 57.7 Å². The van der Waals surface area contributed by atoms with Gasteiger partial charge in [-0.25, -0.2) is 14.6 Å². The largest absolute Gasteiger partial charge is 0.463 e. The van der Waals surface area contributed by atoms with Crippen LogP contribution in [0.15, 0.2) is 41.2 Å². The molecule has 0 bridgehead atoms. The van der Waals surface area contributed by atoms with Crippen LogP contribution in [-0.2, 0) is 80.6 Å². The van der Waals surface area contributed by atoms with E-state index in [2.05, 4.69) is 5.32 Å². The smallest absolute Gasteiger partial charge is 0.408 e. The summed E-state index contributed by atoms with van der Waals surface area (Å²) < 4.78 is 45.6. The van der Waals surface area contributed by atoms with Crippen molar-refractivity contribution in [1.29, 1.82) is 0 Å². The van der Waals surface area contributed by atoms with Gasteiger partial charge in [-0.05, 0) is 24.6 Å². The minimum atomic E-state index is -1.98. The van der Waals surface area contributed by atoms with Gasteiger partial charge in [0.15, 0.2) is 24.6 Å². The summed E-state index contributed by atoms with van der Waals surface area (Å²) in [5, 5.41) is 3.40. The first-order chi connectivity index (χ1) is 26.2. The van der Waals surface area contributed by atoms with Crippen LogP contribution in [0.2, 0.25) is 0 Å². The average Bonchev–Trinajstić information content (AvgIpc) is 3.48. The lowest BCUT2D eigenvalue weighted by Crippen LogP contribution is -2.63. The lowest BCUT2D eigenvalue weighted by atomic mass is 9.85. The van der Waals surface area contributed by atoms with Gasteiger partial charge >= 0.3 is 35.9 Å². The van der Waals surface area contributed by atoms with E-state index in [9.17, 15) is 33.6 Å². The summed E-state index contributed by atoms with van der Waals surface area (Å²) >= 11 is 0. The maximum absolute atomic E-state index is 13.8. The van der Waals surface area contributed by atoms with Crippen LogP contribution in [0.25, 0.3) is 22.3 Å². The number of amides is 1. The van der Waals surface area contributed by atoms with E-state index < -0.39 is 84.4 Å². The van der Waals surface area contributed by atoms with E-state index in [1.54, 1.807) is 17.6 Å². The predicted molar refractivity (Wildman–Crippen MR) is 185 cm³/mol. The Morgan fingerprint density at radius 2 is 1.62 bits per heavy atom. The molecular weight excluding hydrogens is 726 g/mol. The summed E-state index contributed by atoms with van der Waals surface area (Å²) in [5.41, 5.74) is 0.571. The Morgan fingerprint density at radius 1 is 0.927 bits per heavy atom. The number of aromatic nitrogens is 2. The van der Waals surface area contributed by atoms with Crippen molar-refractivity contribution in [3.8, 4) is 11.4 Å². The van der Waals surface area contributed by atoms with Crippen molar-refractivity contribution in [2.45, 2.75) is 90.5 Å². The molecule has 0 unspecified atom stereocenters. The van der Waals surface area contributed by atoms with E-state index in [1.165, 1.54) is 0 Å². The van der Waals surface area contributed by atoms with Gasteiger partial charge in [0.2, 0.25) is 5.60 Å². The van der Waals surface area contributed by atoms with Gasteiger partial charge in [-0.2, -0.15) is 0 Å². The third-order valence-corrected chi connectivity index (χ3v) is 9.25. The van der Waals surface area contributed by atoms with Gasteiger partial charge in [0, 0.05) is 50.8 Å². The predicted octanol–water partition coefficient (Wildman–Crippen LogP) is 1.91. The Morgan fingerprint density at radius 3 is 2.31 bits per heavy atom. The van der Waals surface area contributed by atoms with Crippen LogP contribution in [-0.4, -0.2) is 96.0 Å². The third kappa shape index (κ3) is 7.86. The summed E-state index contributed by atoms with van der Waals surface area (Å²) in [6.45, 7) is 4.94. The highest BCUT2D eigenvalue weighted by Crippen LogP contribution is 2.41. The highest BCUT2D eigenvalue weighted by molar-refractivity contribution is 5.88. The number of alkyl carbamates (subject to hydrolysis) is 1. The van der Waals surface area contributed by atoms with Crippen molar-refractivity contribution in [3.63, 3.8) is 0 Å². The number of benzene rings is 1. The maximum Gasteiger partial charge on any atom is 0.408 e. The molecule has 18 heteroatoms. The van der Waals surface area contributed by atoms with Gasteiger partial charge in [-0.3, -0.25) is 24.0 Å². The molecule has 3 aliphatic heterocycles. The Labute approximate surface area is 313 Å². The first-order valence-corrected chi connectivity index (χ1v) is 17.4. The minimum absolute atomic E-state index is 0.0750. The van der Waals surface area contributed by atoms with Gasteiger partial charge in [0.1, 0.15) is 19.3 Å². The second kappa shape index (κ2) is 15.8. The van der Waals surface area contributed by atoms with Crippen LogP contribution >= 0.6 is 0 Å². The highest BCUT2D eigenvalue weighted by Gasteiger charge is 2.53. The minimum Gasteiger partial charge on any atom is -0.463 e. The average molecular weight is 766 g/mol. The number of hydrogen-bond donors (Lipinski definition) is 1. The van der Waals surface area contributed by atoms with Crippen LogP contribution in [0.3, 0.4) is 0 Å². The summed E-state index contributed by atoms with van der Waals surface area (Å²) in [6, 6.07) is 11.1. The first kappa shape index (κ1) is 38.8. The monoisotopic (exact) mass is 765 g/mol. The van der Waals surface area contributed by atoms with Gasteiger partial charge in [-0.1, -0.05) is 25.1 Å². The highest BCUT2D eigenvalue weighted by atomic mass is 16.7. The molecule has 1 saturated heterocycles. The number of nitrogens with zero attached hydrogens (tertiary/aromatic N) is 2. The number of rotatable bonds is 11. The van der Waals surface area contributed by atoms with Crippen molar-refractivity contribution in [2.75, 3.05) is 19.8 Å². The number of nitrogens with one attached hydrogen (secondary N) is 1. The van der Waals surface area contributed by atoms with E-state index in [-0.39, 0.29) is 43.9 Å². The number of carbonyl (C=O) groups is 6. The molecule has 18 nitrogen and oxygen atoms in total. The van der Waals surface area contributed by atoms with Gasteiger partial charge in [0.05, 0.1) is 35.6 Å². The number of esters is 5. The molecule has 292 valence electrons. The number of fused-ring (bicyclic) bond motifs is 5. The van der Waals surface area contributed by atoms with Crippen molar-refractivity contribution < 1.29 is 66.7 Å². The lowest BCUT2D eigenvalue weighted by molar-refractivity contribution is -0.307. The molecule has 3 aliphatic rings. The normalized spacial score (nSPS) is 23.7. The van der Waals surface area contributed by atoms with Gasteiger partial charge in [0.25, 0.3) is 5.56 Å². The molecule has 2 aromatic heterocycles. The summed E-state index contributed by atoms with van der Waals surface area (Å²) in [7, 11) is 0. The molecule has 1 N–H and O–H groups in total. The number of cyclic esters (lactones) is 1. The van der Waals surface area contributed by atoms with Gasteiger partial charge in [-0.15, -0.1) is 0 Å². The number of ether oxygens (including phenoxy) is 8. The molecule has 0 spiro atoms. The molecule has 1 fully saturated rings. The zero-order valence-corrected chi connectivity index (χ0v) is 30.6. The van der Waals surface area contributed by atoms with Crippen LogP contribution in [0.5, 0.6) is 0 Å². The Balaban J connectivity index is 1.19. The number of para-hydroxylation sites is 1. The van der Waals surface area contributed by atoms with E-state index >= 15 is 0 Å². The molecule has 6 rings (SSSR count). The van der Waals surface area contributed by atoms with Crippen LogP contribution in [0.4, 0.5) is 4.79 Å². The summed E-state index contributed by atoms with van der Waals surface area (Å²) in [4.78, 5) is 93.2. The van der Waals surface area contributed by atoms with Crippen molar-refractivity contribution in [3.05, 3.63) is 63.4 Å². The zero-order chi connectivity index (χ0) is 39.6. The fraction of sp³-hybridized carbons (Fsp3) is 0.459. The summed E-state index contributed by atoms with van der Waals surface area (Å²) in [5.74, 6) is -3.97. The second-order valence-electron chi connectivity index (χ2n) is 13.0. The molecular formula is C37H39N3O15. The first-order valence-electron chi connectivity index (χ1n) is 17.4. The van der Waals surface area contributed by atoms with Crippen LogP contribution < -0.4 is 10.9 Å². The topological polar surface area (TPSA) is 223 Å². The van der Waals surface area contributed by atoms with Gasteiger partial charge < -0.3 is 47.8 Å². The molecule has 6 atom stereocenters. The fourth-order valence-electron chi connectivity index (χ4n) is 6.93. The molecule has 3 aromatic rings. The summed E-state index contributed by atoms with van der Waals surface area (Å²) in [6.07, 6.45) is -8.14. The Kier molecular flexibility index (Phi) is 11.2. The van der Waals surface area contributed by atoms with E-state index in [0.29, 0.717) is 11.4 Å². The molecule has 1 amide bonds. The molecule has 0 radical (unpaired) electrons. The van der Waals surface area contributed by atoms with Crippen molar-refractivity contribution >= 4 is 46.8 Å². The lowest BCUT2D eigenvalue weighted by Gasteiger charge is -2.44. The fourth-order valence-corrected chi connectivity index (χ4v) is 6.93. The van der Waals surface area contributed by atoms with E-state index in [1.807, 2.05) is 30.3 Å². The molecule has 5 heterocycles. The molecule has 0 aliphatic carbocycles. The number of carbonyl (C=O) groups excluding carboxylic acids is 6. The second-order valence-corrected chi connectivity index (χ2v) is 13.0. The van der Waals surface area contributed by atoms with E-state index in [4.69, 9.17) is 42.9 Å². The van der Waals surface area contributed by atoms with Crippen LogP contribution in [0, 0.1) is 0 Å². The van der Waals surface area contributed by atoms with Crippen molar-refractivity contribution in [1.82, 2.24) is 14.9 Å². The third-order valence-electron chi connectivity index (χ3n) is 9.25. The number of hydrogen-bond acceptors (Lipinski definition) is 16. The Bertz CT molecular complexity index is 2110. The SMILES string of the molecule is CC[C@@]1(OC(=O)NCCO[C@@H]2O[C@H](COC(C)=O)[C@@H](OC(C)=O)[C@H](OC(C)=O)[C@H]2OC(C)=O)C(=O)OCc2c1cc1n(c2=O)Cc2cc3ccccc3nc2-1. The zero-order valence-electron chi connectivity index (χ0n) is 30.6.